The summed E-state index contributed by atoms with van der Waals surface area (Å²) in [5, 5.41) is 0. The zero-order valence-electron chi connectivity index (χ0n) is 17.1. The van der Waals surface area contributed by atoms with Gasteiger partial charge in [-0.1, -0.05) is 17.7 Å². The summed E-state index contributed by atoms with van der Waals surface area (Å²) in [7, 11) is 0. The molecule has 0 radical (unpaired) electrons. The number of aryl methyl sites for hydroxylation is 1. The van der Waals surface area contributed by atoms with Gasteiger partial charge in [0.2, 0.25) is 5.95 Å². The highest BCUT2D eigenvalue weighted by atomic mass is 16.5. The van der Waals surface area contributed by atoms with Gasteiger partial charge in [0.15, 0.2) is 6.61 Å². The van der Waals surface area contributed by atoms with E-state index in [9.17, 15) is 4.79 Å². The van der Waals surface area contributed by atoms with Crippen molar-refractivity contribution in [3.8, 4) is 5.75 Å². The molecule has 2 aromatic rings. The average molecular weight is 396 g/mol. The minimum atomic E-state index is 0.0296. The molecule has 7 nitrogen and oxygen atoms in total. The first-order valence-electron chi connectivity index (χ1n) is 10.5. The summed E-state index contributed by atoms with van der Waals surface area (Å²) in [4.78, 5) is 28.1. The maximum Gasteiger partial charge on any atom is 0.260 e. The summed E-state index contributed by atoms with van der Waals surface area (Å²) in [5.74, 6) is 2.53. The second-order valence-corrected chi connectivity index (χ2v) is 7.73. The molecule has 4 rings (SSSR count). The van der Waals surface area contributed by atoms with Crippen LogP contribution in [0.5, 0.6) is 5.75 Å². The lowest BCUT2D eigenvalue weighted by Crippen LogP contribution is -2.50. The molecule has 29 heavy (non-hydrogen) atoms. The van der Waals surface area contributed by atoms with E-state index in [1.165, 1.54) is 24.8 Å². The van der Waals surface area contributed by atoms with Crippen LogP contribution in [0.1, 0.15) is 24.8 Å². The number of rotatable bonds is 5. The van der Waals surface area contributed by atoms with Crippen LogP contribution in [0.15, 0.2) is 36.5 Å². The Morgan fingerprint density at radius 2 is 1.66 bits per heavy atom. The Hall–Kier alpha value is -2.83. The molecule has 0 saturated carbocycles. The number of hydrogen-bond acceptors (Lipinski definition) is 6. The van der Waals surface area contributed by atoms with Crippen LogP contribution in [0, 0.1) is 6.92 Å². The molecule has 2 aliphatic rings. The van der Waals surface area contributed by atoms with Gasteiger partial charge in [-0.3, -0.25) is 4.79 Å². The van der Waals surface area contributed by atoms with Crippen molar-refractivity contribution in [2.45, 2.75) is 26.2 Å². The van der Waals surface area contributed by atoms with E-state index in [1.807, 2.05) is 48.4 Å². The Labute approximate surface area is 172 Å². The monoisotopic (exact) mass is 395 g/mol. The number of nitrogens with zero attached hydrogens (tertiary/aromatic N) is 5. The standard InChI is InChI=1S/C22H29N5O2/c1-18-5-7-19(8-6-18)29-17-21(28)26-15-13-25(14-16-26)20-9-10-23-22(24-20)27-11-3-2-4-12-27/h5-10H,2-4,11-17H2,1H3. The largest absolute Gasteiger partial charge is 0.484 e. The van der Waals surface area contributed by atoms with E-state index < -0.39 is 0 Å². The summed E-state index contributed by atoms with van der Waals surface area (Å²) in [6, 6.07) is 9.73. The molecule has 0 unspecified atom stereocenters. The van der Waals surface area contributed by atoms with Gasteiger partial charge in [0.05, 0.1) is 0 Å². The number of hydrogen-bond donors (Lipinski definition) is 0. The fourth-order valence-electron chi connectivity index (χ4n) is 3.82. The molecule has 2 fully saturated rings. The van der Waals surface area contributed by atoms with Gasteiger partial charge in [-0.25, -0.2) is 4.98 Å². The van der Waals surface area contributed by atoms with Crippen molar-refractivity contribution in [3.63, 3.8) is 0 Å². The fourth-order valence-corrected chi connectivity index (χ4v) is 3.82. The maximum atomic E-state index is 12.5. The number of benzene rings is 1. The number of aromatic nitrogens is 2. The van der Waals surface area contributed by atoms with E-state index in [-0.39, 0.29) is 12.5 Å². The van der Waals surface area contributed by atoms with Crippen LogP contribution in [-0.4, -0.2) is 66.7 Å². The summed E-state index contributed by atoms with van der Waals surface area (Å²) < 4.78 is 5.64. The number of anilines is 2. The zero-order valence-corrected chi connectivity index (χ0v) is 17.1. The molecule has 3 heterocycles. The Morgan fingerprint density at radius 1 is 0.931 bits per heavy atom. The number of amides is 1. The maximum absolute atomic E-state index is 12.5. The quantitative estimate of drug-likeness (QED) is 0.775. The van der Waals surface area contributed by atoms with Crippen LogP contribution in [0.3, 0.4) is 0 Å². The minimum Gasteiger partial charge on any atom is -0.484 e. The van der Waals surface area contributed by atoms with Crippen LogP contribution < -0.4 is 14.5 Å². The van der Waals surface area contributed by atoms with E-state index >= 15 is 0 Å². The molecular weight excluding hydrogens is 366 g/mol. The average Bonchev–Trinajstić information content (AvgIpc) is 2.79. The van der Waals surface area contributed by atoms with Gasteiger partial charge < -0.3 is 19.4 Å². The molecular formula is C22H29N5O2. The van der Waals surface area contributed by atoms with E-state index in [0.717, 1.165) is 43.7 Å². The van der Waals surface area contributed by atoms with Crippen molar-refractivity contribution < 1.29 is 9.53 Å². The molecule has 0 bridgehead atoms. The third-order valence-corrected chi connectivity index (χ3v) is 5.61. The van der Waals surface area contributed by atoms with Gasteiger partial charge in [0, 0.05) is 45.5 Å². The lowest BCUT2D eigenvalue weighted by Gasteiger charge is -2.35. The predicted octanol–water partition coefficient (Wildman–Crippen LogP) is 2.50. The number of carbonyl (C=O) groups excluding carboxylic acids is 1. The highest BCUT2D eigenvalue weighted by Gasteiger charge is 2.23. The van der Waals surface area contributed by atoms with Crippen molar-refractivity contribution in [3.05, 3.63) is 42.1 Å². The van der Waals surface area contributed by atoms with Crippen LogP contribution in [-0.2, 0) is 4.79 Å². The molecule has 1 amide bonds. The van der Waals surface area contributed by atoms with Crippen LogP contribution >= 0.6 is 0 Å². The first-order chi connectivity index (χ1) is 14.2. The van der Waals surface area contributed by atoms with Crippen molar-refractivity contribution in [2.24, 2.45) is 0 Å². The summed E-state index contributed by atoms with van der Waals surface area (Å²) in [5.41, 5.74) is 1.17. The lowest BCUT2D eigenvalue weighted by molar-refractivity contribution is -0.133. The van der Waals surface area contributed by atoms with Gasteiger partial charge in [0.1, 0.15) is 11.6 Å². The SMILES string of the molecule is Cc1ccc(OCC(=O)N2CCN(c3ccnc(N4CCCCC4)n3)CC2)cc1. The first-order valence-corrected chi connectivity index (χ1v) is 10.5. The van der Waals surface area contributed by atoms with E-state index in [2.05, 4.69) is 14.8 Å². The van der Waals surface area contributed by atoms with E-state index in [0.29, 0.717) is 13.1 Å². The molecule has 0 atom stereocenters. The van der Waals surface area contributed by atoms with Crippen molar-refractivity contribution in [1.29, 1.82) is 0 Å². The summed E-state index contributed by atoms with van der Waals surface area (Å²) >= 11 is 0. The van der Waals surface area contributed by atoms with Gasteiger partial charge in [-0.05, 0) is 44.4 Å². The normalized spacial score (nSPS) is 17.3. The second kappa shape index (κ2) is 9.11. The third kappa shape index (κ3) is 4.96. The number of piperazine rings is 1. The molecule has 154 valence electrons. The Kier molecular flexibility index (Phi) is 6.12. The molecule has 2 saturated heterocycles. The second-order valence-electron chi connectivity index (χ2n) is 7.73. The minimum absolute atomic E-state index is 0.0296. The smallest absolute Gasteiger partial charge is 0.260 e. The molecule has 0 spiro atoms. The van der Waals surface area contributed by atoms with Crippen molar-refractivity contribution in [2.75, 3.05) is 55.7 Å². The molecule has 0 N–H and O–H groups in total. The molecule has 2 aliphatic heterocycles. The Balaban J connectivity index is 1.28. The van der Waals surface area contributed by atoms with E-state index in [4.69, 9.17) is 9.72 Å². The van der Waals surface area contributed by atoms with Gasteiger partial charge in [-0.2, -0.15) is 4.98 Å². The Bertz CT molecular complexity index is 812. The summed E-state index contributed by atoms with van der Waals surface area (Å²) in [6.07, 6.45) is 5.55. The van der Waals surface area contributed by atoms with E-state index in [1.54, 1.807) is 0 Å². The van der Waals surface area contributed by atoms with Crippen LogP contribution in [0.25, 0.3) is 0 Å². The van der Waals surface area contributed by atoms with Crippen LogP contribution in [0.2, 0.25) is 0 Å². The third-order valence-electron chi connectivity index (χ3n) is 5.61. The summed E-state index contributed by atoms with van der Waals surface area (Å²) in [6.45, 7) is 7.08. The molecule has 1 aromatic carbocycles. The highest BCUT2D eigenvalue weighted by molar-refractivity contribution is 5.78. The lowest BCUT2D eigenvalue weighted by atomic mass is 10.1. The van der Waals surface area contributed by atoms with Crippen molar-refractivity contribution in [1.82, 2.24) is 14.9 Å². The molecule has 0 aliphatic carbocycles. The fraction of sp³-hybridized carbons (Fsp3) is 0.500. The molecule has 7 heteroatoms. The van der Waals surface area contributed by atoms with Crippen molar-refractivity contribution >= 4 is 17.7 Å². The predicted molar refractivity (Wildman–Crippen MR) is 114 cm³/mol. The number of piperidine rings is 1. The number of carbonyl (C=O) groups is 1. The topological polar surface area (TPSA) is 61.8 Å². The van der Waals surface area contributed by atoms with Gasteiger partial charge in [0.25, 0.3) is 5.91 Å². The Morgan fingerprint density at radius 3 is 2.38 bits per heavy atom. The van der Waals surface area contributed by atoms with Crippen LogP contribution in [0.4, 0.5) is 11.8 Å². The number of ether oxygens (including phenoxy) is 1. The van der Waals surface area contributed by atoms with Gasteiger partial charge >= 0.3 is 0 Å². The molecule has 1 aromatic heterocycles. The first kappa shape index (κ1) is 19.5. The van der Waals surface area contributed by atoms with Gasteiger partial charge in [-0.15, -0.1) is 0 Å². The zero-order chi connectivity index (χ0) is 20.1. The highest BCUT2D eigenvalue weighted by Crippen LogP contribution is 2.20.